The average Bonchev–Trinajstić information content (AvgIpc) is 3.32. The lowest BCUT2D eigenvalue weighted by Crippen LogP contribution is -2.10. The van der Waals surface area contributed by atoms with E-state index in [0.29, 0.717) is 35.3 Å². The predicted octanol–water partition coefficient (Wildman–Crippen LogP) is 5.91. The van der Waals surface area contributed by atoms with Crippen molar-refractivity contribution in [2.24, 2.45) is 0 Å². The Kier molecular flexibility index (Phi) is 6.93. The Morgan fingerprint density at radius 3 is 2.43 bits per heavy atom. The van der Waals surface area contributed by atoms with E-state index in [2.05, 4.69) is 20.3 Å². The van der Waals surface area contributed by atoms with E-state index in [1.165, 1.54) is 10.7 Å². The standard InChI is InChI=1S/C24H21ClF3N5O2/c1-14(19-9-6-17(10-20(19)25)24(26,27)28)33-12-22(31-32-33)21-11-23(30-15(2)29-21)35-13-16-4-7-18(34-3)8-5-16/h4-12,14H,13H2,1-3H3. The lowest BCUT2D eigenvalue weighted by molar-refractivity contribution is -0.137. The lowest BCUT2D eigenvalue weighted by Gasteiger charge is -2.15. The van der Waals surface area contributed by atoms with Crippen molar-refractivity contribution in [3.8, 4) is 23.0 Å². The van der Waals surface area contributed by atoms with E-state index in [-0.39, 0.29) is 5.02 Å². The Morgan fingerprint density at radius 2 is 1.77 bits per heavy atom. The quantitative estimate of drug-likeness (QED) is 0.312. The molecule has 35 heavy (non-hydrogen) atoms. The minimum atomic E-state index is -4.47. The zero-order valence-electron chi connectivity index (χ0n) is 19.0. The molecule has 2 aromatic heterocycles. The molecule has 11 heteroatoms. The van der Waals surface area contributed by atoms with Crippen LogP contribution in [0.3, 0.4) is 0 Å². The molecule has 0 saturated carbocycles. The molecule has 0 bridgehead atoms. The summed E-state index contributed by atoms with van der Waals surface area (Å²) in [7, 11) is 1.60. The summed E-state index contributed by atoms with van der Waals surface area (Å²) < 4.78 is 51.3. The maximum atomic E-state index is 12.9. The molecule has 2 heterocycles. The van der Waals surface area contributed by atoms with Crippen molar-refractivity contribution >= 4 is 11.6 Å². The molecule has 0 saturated heterocycles. The fourth-order valence-corrected chi connectivity index (χ4v) is 3.73. The summed E-state index contributed by atoms with van der Waals surface area (Å²) in [5, 5.41) is 8.29. The van der Waals surface area contributed by atoms with Gasteiger partial charge in [-0.2, -0.15) is 18.2 Å². The summed E-state index contributed by atoms with van der Waals surface area (Å²) in [6.07, 6.45) is -2.82. The second kappa shape index (κ2) is 9.91. The Morgan fingerprint density at radius 1 is 1.03 bits per heavy atom. The van der Waals surface area contributed by atoms with E-state index in [4.69, 9.17) is 21.1 Å². The third-order valence-corrected chi connectivity index (χ3v) is 5.63. The van der Waals surface area contributed by atoms with Crippen molar-refractivity contribution in [3.63, 3.8) is 0 Å². The summed E-state index contributed by atoms with van der Waals surface area (Å²) in [6, 6.07) is 11.9. The smallest absolute Gasteiger partial charge is 0.416 e. The first-order valence-corrected chi connectivity index (χ1v) is 10.9. The first-order chi connectivity index (χ1) is 16.6. The monoisotopic (exact) mass is 503 g/mol. The van der Waals surface area contributed by atoms with Crippen molar-refractivity contribution in [2.45, 2.75) is 32.7 Å². The first-order valence-electron chi connectivity index (χ1n) is 10.5. The van der Waals surface area contributed by atoms with Crippen molar-refractivity contribution in [1.29, 1.82) is 0 Å². The average molecular weight is 504 g/mol. The highest BCUT2D eigenvalue weighted by atomic mass is 35.5. The molecule has 0 N–H and O–H groups in total. The number of aromatic nitrogens is 5. The van der Waals surface area contributed by atoms with Crippen molar-refractivity contribution < 1.29 is 22.6 Å². The molecule has 0 spiro atoms. The molecule has 0 fully saturated rings. The zero-order valence-corrected chi connectivity index (χ0v) is 19.8. The van der Waals surface area contributed by atoms with Crippen LogP contribution in [0.15, 0.2) is 54.7 Å². The van der Waals surface area contributed by atoms with Gasteiger partial charge >= 0.3 is 6.18 Å². The Bertz CT molecular complexity index is 1330. The molecule has 2 aromatic carbocycles. The summed E-state index contributed by atoms with van der Waals surface area (Å²) in [5.74, 6) is 1.61. The SMILES string of the molecule is COc1ccc(COc2cc(-c3cn(C(C)c4ccc(C(F)(F)F)cc4Cl)nn3)nc(C)n2)cc1. The number of aryl methyl sites for hydroxylation is 1. The number of alkyl halides is 3. The Labute approximate surface area is 204 Å². The summed E-state index contributed by atoms with van der Waals surface area (Å²) in [6.45, 7) is 3.80. The van der Waals surface area contributed by atoms with Gasteiger partial charge in [-0.3, -0.25) is 0 Å². The fourth-order valence-electron chi connectivity index (χ4n) is 3.39. The second-order valence-corrected chi connectivity index (χ2v) is 8.18. The zero-order chi connectivity index (χ0) is 25.2. The number of rotatable bonds is 7. The molecule has 4 aromatic rings. The van der Waals surface area contributed by atoms with Crippen LogP contribution >= 0.6 is 11.6 Å². The van der Waals surface area contributed by atoms with Gasteiger partial charge in [0, 0.05) is 11.1 Å². The highest BCUT2D eigenvalue weighted by molar-refractivity contribution is 6.31. The maximum Gasteiger partial charge on any atom is 0.416 e. The van der Waals surface area contributed by atoms with Crippen LogP contribution in [0.2, 0.25) is 5.02 Å². The molecule has 7 nitrogen and oxygen atoms in total. The molecule has 182 valence electrons. The van der Waals surface area contributed by atoms with E-state index >= 15 is 0 Å². The van der Waals surface area contributed by atoms with E-state index in [1.54, 1.807) is 33.2 Å². The first kappa shape index (κ1) is 24.5. The van der Waals surface area contributed by atoms with Crippen LogP contribution in [0.25, 0.3) is 11.4 Å². The molecule has 1 unspecified atom stereocenters. The second-order valence-electron chi connectivity index (χ2n) is 7.77. The lowest BCUT2D eigenvalue weighted by atomic mass is 10.1. The van der Waals surface area contributed by atoms with Gasteiger partial charge in [0.2, 0.25) is 5.88 Å². The van der Waals surface area contributed by atoms with E-state index < -0.39 is 17.8 Å². The predicted molar refractivity (Wildman–Crippen MR) is 123 cm³/mol. The van der Waals surface area contributed by atoms with Gasteiger partial charge in [0.1, 0.15) is 23.9 Å². The number of hydrogen-bond acceptors (Lipinski definition) is 6. The Hall–Kier alpha value is -3.66. The van der Waals surface area contributed by atoms with Gasteiger partial charge in [-0.05, 0) is 49.2 Å². The maximum absolute atomic E-state index is 12.9. The van der Waals surface area contributed by atoms with E-state index in [9.17, 15) is 13.2 Å². The third kappa shape index (κ3) is 5.71. The van der Waals surface area contributed by atoms with Gasteiger partial charge in [-0.15, -0.1) is 5.10 Å². The van der Waals surface area contributed by atoms with Crippen LogP contribution < -0.4 is 9.47 Å². The van der Waals surface area contributed by atoms with Crippen LogP contribution in [-0.2, 0) is 12.8 Å². The number of halogens is 4. The van der Waals surface area contributed by atoms with Gasteiger partial charge in [-0.25, -0.2) is 9.67 Å². The van der Waals surface area contributed by atoms with E-state index in [0.717, 1.165) is 23.4 Å². The molecule has 0 amide bonds. The minimum absolute atomic E-state index is 0.00327. The minimum Gasteiger partial charge on any atom is -0.497 e. The molecule has 0 aliphatic carbocycles. The number of hydrogen-bond donors (Lipinski definition) is 0. The van der Waals surface area contributed by atoms with Gasteiger partial charge in [0.15, 0.2) is 0 Å². The number of nitrogens with zero attached hydrogens (tertiary/aromatic N) is 5. The van der Waals surface area contributed by atoms with Crippen molar-refractivity contribution in [2.75, 3.05) is 7.11 Å². The molecule has 1 atom stereocenters. The Balaban J connectivity index is 1.52. The van der Waals surface area contributed by atoms with Gasteiger partial charge in [0.25, 0.3) is 0 Å². The molecular weight excluding hydrogens is 483 g/mol. The summed E-state index contributed by atoms with van der Waals surface area (Å²) >= 11 is 6.14. The third-order valence-electron chi connectivity index (χ3n) is 5.31. The van der Waals surface area contributed by atoms with Crippen LogP contribution in [-0.4, -0.2) is 32.1 Å². The molecule has 4 rings (SSSR count). The number of ether oxygens (including phenoxy) is 2. The highest BCUT2D eigenvalue weighted by Crippen LogP contribution is 2.34. The van der Waals surface area contributed by atoms with Crippen LogP contribution in [0.1, 0.15) is 35.5 Å². The largest absolute Gasteiger partial charge is 0.497 e. The fraction of sp³-hybridized carbons (Fsp3) is 0.250. The van der Waals surface area contributed by atoms with Gasteiger partial charge in [-0.1, -0.05) is 35.0 Å². The van der Waals surface area contributed by atoms with Crippen LogP contribution in [0.4, 0.5) is 13.2 Å². The van der Waals surface area contributed by atoms with Crippen LogP contribution in [0.5, 0.6) is 11.6 Å². The molecule has 0 aliphatic heterocycles. The van der Waals surface area contributed by atoms with Crippen molar-refractivity contribution in [1.82, 2.24) is 25.0 Å². The van der Waals surface area contributed by atoms with E-state index in [1.807, 2.05) is 24.3 Å². The number of methoxy groups -OCH3 is 1. The van der Waals surface area contributed by atoms with Crippen LogP contribution in [0, 0.1) is 6.92 Å². The molecule has 0 aliphatic rings. The van der Waals surface area contributed by atoms with Gasteiger partial charge < -0.3 is 9.47 Å². The summed E-state index contributed by atoms with van der Waals surface area (Å²) in [5.41, 5.74) is 1.57. The molecular formula is C24H21ClF3N5O2. The van der Waals surface area contributed by atoms with Crippen molar-refractivity contribution in [3.05, 3.63) is 82.3 Å². The van der Waals surface area contributed by atoms with Gasteiger partial charge in [0.05, 0.1) is 30.6 Å². The normalized spacial score (nSPS) is 12.4. The molecule has 0 radical (unpaired) electrons. The number of benzene rings is 2. The topological polar surface area (TPSA) is 75.0 Å². The highest BCUT2D eigenvalue weighted by Gasteiger charge is 2.31. The summed E-state index contributed by atoms with van der Waals surface area (Å²) in [4.78, 5) is 8.72.